The second kappa shape index (κ2) is 5.23. The summed E-state index contributed by atoms with van der Waals surface area (Å²) in [5.41, 5.74) is 0.934. The molecule has 0 aliphatic heterocycles. The van der Waals surface area contributed by atoms with Crippen LogP contribution < -0.4 is 0 Å². The summed E-state index contributed by atoms with van der Waals surface area (Å²) in [4.78, 5) is 10.2. The molecule has 0 heterocycles. The fourth-order valence-electron chi connectivity index (χ4n) is 1.23. The van der Waals surface area contributed by atoms with Crippen LogP contribution in [0.2, 0.25) is 0 Å². The zero-order valence-electron chi connectivity index (χ0n) is 8.31. The van der Waals surface area contributed by atoms with Gasteiger partial charge in [-0.05, 0) is 47.3 Å². The van der Waals surface area contributed by atoms with E-state index < -0.39 is 4.92 Å². The summed E-state index contributed by atoms with van der Waals surface area (Å²) in [5.74, 6) is 0. The molecule has 0 fully saturated rings. The van der Waals surface area contributed by atoms with Crippen molar-refractivity contribution in [3.8, 4) is 0 Å². The summed E-state index contributed by atoms with van der Waals surface area (Å²) in [7, 11) is 0. The summed E-state index contributed by atoms with van der Waals surface area (Å²) in [6.45, 7) is 1.70. The number of hydrogen-bond acceptors (Lipinski definition) is 3. The maximum absolute atomic E-state index is 10.6. The molecule has 4 nitrogen and oxygen atoms in total. The maximum atomic E-state index is 10.6. The van der Waals surface area contributed by atoms with E-state index in [-0.39, 0.29) is 11.8 Å². The van der Waals surface area contributed by atoms with Crippen molar-refractivity contribution in [1.29, 1.82) is 0 Å². The largest absolute Gasteiger partial charge is 0.393 e. The average molecular weight is 274 g/mol. The first kappa shape index (κ1) is 12.1. The second-order valence-corrected chi connectivity index (χ2v) is 4.28. The molecule has 1 atom stereocenters. The molecule has 5 heteroatoms. The minimum atomic E-state index is -0.421. The van der Waals surface area contributed by atoms with Gasteiger partial charge in [0.05, 0.1) is 15.5 Å². The number of nitro groups is 1. The standard InChI is InChI=1S/C10H12BrNO3/c1-7(13)2-3-8-4-5-9(11)10(6-8)12(14)15/h4-7,13H,2-3H2,1H3. The number of benzene rings is 1. The number of hydrogen-bond donors (Lipinski definition) is 1. The van der Waals surface area contributed by atoms with E-state index in [9.17, 15) is 10.1 Å². The summed E-state index contributed by atoms with van der Waals surface area (Å²) in [6.07, 6.45) is 0.873. The lowest BCUT2D eigenvalue weighted by molar-refractivity contribution is -0.385. The molecule has 0 saturated carbocycles. The Labute approximate surface area is 96.2 Å². The van der Waals surface area contributed by atoms with Gasteiger partial charge in [0, 0.05) is 6.07 Å². The third-order valence-electron chi connectivity index (χ3n) is 2.06. The van der Waals surface area contributed by atoms with Crippen LogP contribution in [-0.2, 0) is 6.42 Å². The average Bonchev–Trinajstić information content (AvgIpc) is 2.16. The molecule has 82 valence electrons. The van der Waals surface area contributed by atoms with Gasteiger partial charge in [-0.1, -0.05) is 6.07 Å². The number of rotatable bonds is 4. The van der Waals surface area contributed by atoms with Crippen molar-refractivity contribution in [1.82, 2.24) is 0 Å². The summed E-state index contributed by atoms with van der Waals surface area (Å²) in [5, 5.41) is 19.7. The SMILES string of the molecule is CC(O)CCc1ccc(Br)c([N+](=O)[O-])c1. The molecule has 0 bridgehead atoms. The first-order valence-electron chi connectivity index (χ1n) is 4.61. The molecule has 0 aromatic heterocycles. The first-order valence-corrected chi connectivity index (χ1v) is 5.41. The van der Waals surface area contributed by atoms with Crippen LogP contribution in [0.4, 0.5) is 5.69 Å². The van der Waals surface area contributed by atoms with E-state index in [0.29, 0.717) is 17.3 Å². The monoisotopic (exact) mass is 273 g/mol. The van der Waals surface area contributed by atoms with Gasteiger partial charge in [0.1, 0.15) is 0 Å². The molecular formula is C10H12BrNO3. The normalized spacial score (nSPS) is 12.5. The molecular weight excluding hydrogens is 262 g/mol. The van der Waals surface area contributed by atoms with Gasteiger partial charge in [-0.15, -0.1) is 0 Å². The quantitative estimate of drug-likeness (QED) is 0.678. The fraction of sp³-hybridized carbons (Fsp3) is 0.400. The Hall–Kier alpha value is -0.940. The Bertz CT molecular complexity index is 366. The van der Waals surface area contributed by atoms with Crippen molar-refractivity contribution in [2.24, 2.45) is 0 Å². The molecule has 1 rings (SSSR count). The maximum Gasteiger partial charge on any atom is 0.283 e. The van der Waals surface area contributed by atoms with E-state index in [1.807, 2.05) is 6.07 Å². The van der Waals surface area contributed by atoms with Crippen LogP contribution in [0.5, 0.6) is 0 Å². The number of aliphatic hydroxyl groups excluding tert-OH is 1. The summed E-state index contributed by atoms with van der Waals surface area (Å²) < 4.78 is 0.480. The first-order chi connectivity index (χ1) is 7.00. The van der Waals surface area contributed by atoms with E-state index in [0.717, 1.165) is 5.56 Å². The van der Waals surface area contributed by atoms with Crippen LogP contribution in [0, 0.1) is 10.1 Å². The van der Waals surface area contributed by atoms with Crippen molar-refractivity contribution in [2.45, 2.75) is 25.9 Å². The van der Waals surface area contributed by atoms with E-state index in [4.69, 9.17) is 5.11 Å². The third-order valence-corrected chi connectivity index (χ3v) is 2.73. The molecule has 1 unspecified atom stereocenters. The van der Waals surface area contributed by atoms with Crippen LogP contribution in [0.25, 0.3) is 0 Å². The lowest BCUT2D eigenvalue weighted by Gasteiger charge is -2.04. The molecule has 15 heavy (non-hydrogen) atoms. The zero-order chi connectivity index (χ0) is 11.4. The predicted molar refractivity (Wildman–Crippen MR) is 60.8 cm³/mol. The van der Waals surface area contributed by atoms with Crippen LogP contribution in [0.3, 0.4) is 0 Å². The number of aryl methyl sites for hydroxylation is 1. The lowest BCUT2D eigenvalue weighted by atomic mass is 10.1. The van der Waals surface area contributed by atoms with E-state index in [1.54, 1.807) is 13.0 Å². The van der Waals surface area contributed by atoms with Crippen LogP contribution in [0.15, 0.2) is 22.7 Å². The van der Waals surface area contributed by atoms with Gasteiger partial charge < -0.3 is 5.11 Å². The van der Waals surface area contributed by atoms with Crippen molar-refractivity contribution in [2.75, 3.05) is 0 Å². The Morgan fingerprint density at radius 2 is 2.27 bits per heavy atom. The Kier molecular flexibility index (Phi) is 4.23. The second-order valence-electron chi connectivity index (χ2n) is 3.43. The van der Waals surface area contributed by atoms with Gasteiger partial charge in [0.25, 0.3) is 5.69 Å². The highest BCUT2D eigenvalue weighted by molar-refractivity contribution is 9.10. The van der Waals surface area contributed by atoms with E-state index >= 15 is 0 Å². The number of halogens is 1. The van der Waals surface area contributed by atoms with Gasteiger partial charge in [0.2, 0.25) is 0 Å². The van der Waals surface area contributed by atoms with Gasteiger partial charge in [-0.3, -0.25) is 10.1 Å². The minimum absolute atomic E-state index is 0.0677. The molecule has 0 aliphatic carbocycles. The van der Waals surface area contributed by atoms with Crippen molar-refractivity contribution in [3.63, 3.8) is 0 Å². The predicted octanol–water partition coefficient (Wildman–Crippen LogP) is 2.67. The van der Waals surface area contributed by atoms with Gasteiger partial charge in [-0.2, -0.15) is 0 Å². The van der Waals surface area contributed by atoms with Crippen LogP contribution >= 0.6 is 15.9 Å². The Balaban J connectivity index is 2.83. The van der Waals surface area contributed by atoms with Crippen molar-refractivity contribution in [3.05, 3.63) is 38.3 Å². The molecule has 0 saturated heterocycles. The Morgan fingerprint density at radius 1 is 1.60 bits per heavy atom. The van der Waals surface area contributed by atoms with E-state index in [2.05, 4.69) is 15.9 Å². The number of aliphatic hydroxyl groups is 1. The smallest absolute Gasteiger partial charge is 0.283 e. The van der Waals surface area contributed by atoms with Gasteiger partial charge >= 0.3 is 0 Å². The zero-order valence-corrected chi connectivity index (χ0v) is 9.90. The van der Waals surface area contributed by atoms with Crippen molar-refractivity contribution < 1.29 is 10.0 Å². The lowest BCUT2D eigenvalue weighted by Crippen LogP contribution is -2.01. The molecule has 1 aromatic rings. The molecule has 1 N–H and O–H groups in total. The van der Waals surface area contributed by atoms with Gasteiger partial charge in [0.15, 0.2) is 0 Å². The highest BCUT2D eigenvalue weighted by atomic mass is 79.9. The van der Waals surface area contributed by atoms with Crippen LogP contribution in [-0.4, -0.2) is 16.1 Å². The molecule has 1 aromatic carbocycles. The summed E-state index contributed by atoms with van der Waals surface area (Å²) >= 11 is 3.12. The molecule has 0 radical (unpaired) electrons. The highest BCUT2D eigenvalue weighted by Crippen LogP contribution is 2.26. The van der Waals surface area contributed by atoms with Crippen LogP contribution in [0.1, 0.15) is 18.9 Å². The number of nitro benzene ring substituents is 1. The minimum Gasteiger partial charge on any atom is -0.393 e. The molecule has 0 spiro atoms. The highest BCUT2D eigenvalue weighted by Gasteiger charge is 2.12. The molecule has 0 aliphatic rings. The Morgan fingerprint density at radius 3 is 2.80 bits per heavy atom. The third kappa shape index (κ3) is 3.60. The summed E-state index contributed by atoms with van der Waals surface area (Å²) in [6, 6.07) is 5.02. The van der Waals surface area contributed by atoms with Crippen molar-refractivity contribution >= 4 is 21.6 Å². The van der Waals surface area contributed by atoms with E-state index in [1.165, 1.54) is 6.07 Å². The number of nitrogens with zero attached hydrogens (tertiary/aromatic N) is 1. The molecule has 0 amide bonds. The topological polar surface area (TPSA) is 63.4 Å². The fourth-order valence-corrected chi connectivity index (χ4v) is 1.62. The van der Waals surface area contributed by atoms with Gasteiger partial charge in [-0.25, -0.2) is 0 Å².